The van der Waals surface area contributed by atoms with E-state index < -0.39 is 0 Å². The second kappa shape index (κ2) is 10.6. The number of imidazole rings is 1. The zero-order chi connectivity index (χ0) is 28.6. The van der Waals surface area contributed by atoms with E-state index in [0.717, 1.165) is 50.4 Å². The molecular formula is C40H27N3. The van der Waals surface area contributed by atoms with E-state index in [9.17, 15) is 0 Å². The van der Waals surface area contributed by atoms with E-state index in [1.165, 1.54) is 21.9 Å². The molecule has 3 heteroatoms. The Kier molecular flexibility index (Phi) is 6.12. The van der Waals surface area contributed by atoms with E-state index >= 15 is 0 Å². The van der Waals surface area contributed by atoms with Crippen LogP contribution in [0.15, 0.2) is 164 Å². The van der Waals surface area contributed by atoms with Crippen LogP contribution in [0.2, 0.25) is 0 Å². The van der Waals surface area contributed by atoms with Gasteiger partial charge in [-0.2, -0.15) is 0 Å². The van der Waals surface area contributed by atoms with E-state index in [-0.39, 0.29) is 0 Å². The van der Waals surface area contributed by atoms with Gasteiger partial charge in [-0.1, -0.05) is 97.1 Å². The lowest BCUT2D eigenvalue weighted by Gasteiger charge is -2.13. The summed E-state index contributed by atoms with van der Waals surface area (Å²) in [6.07, 6.45) is 5.85. The lowest BCUT2D eigenvalue weighted by atomic mass is 9.92. The average molecular weight is 550 g/mol. The molecule has 8 aromatic rings. The highest BCUT2D eigenvalue weighted by atomic mass is 15.0. The largest absolute Gasteiger partial charge is 0.299 e. The fraction of sp³-hybridized carbons (Fsp3) is 0. The Labute approximate surface area is 250 Å². The second-order valence-electron chi connectivity index (χ2n) is 10.8. The monoisotopic (exact) mass is 549 g/mol. The van der Waals surface area contributed by atoms with Crippen LogP contribution in [0.5, 0.6) is 0 Å². The van der Waals surface area contributed by atoms with Crippen molar-refractivity contribution in [1.82, 2.24) is 14.4 Å². The third-order valence-electron chi connectivity index (χ3n) is 8.06. The van der Waals surface area contributed by atoms with E-state index in [1.807, 2.05) is 30.6 Å². The minimum atomic E-state index is 0.930. The highest BCUT2D eigenvalue weighted by molar-refractivity contribution is 5.90. The fourth-order valence-corrected chi connectivity index (χ4v) is 5.95. The molecule has 0 spiro atoms. The van der Waals surface area contributed by atoms with Gasteiger partial charge in [-0.15, -0.1) is 0 Å². The SMILES string of the molecule is c1ccc(-c2nc3ccccn3c2-c2cccc(-c3cc(-c4cccnc4)cc(-c4ccc5ccccc5c4)c3)c2)cc1. The first-order chi connectivity index (χ1) is 21.3. The van der Waals surface area contributed by atoms with Crippen LogP contribution in [-0.4, -0.2) is 14.4 Å². The van der Waals surface area contributed by atoms with Crippen molar-refractivity contribution in [3.05, 3.63) is 164 Å². The number of benzene rings is 5. The van der Waals surface area contributed by atoms with Crippen molar-refractivity contribution < 1.29 is 0 Å². The summed E-state index contributed by atoms with van der Waals surface area (Å²) in [6.45, 7) is 0. The molecule has 0 bridgehead atoms. The van der Waals surface area contributed by atoms with Crippen LogP contribution in [0, 0.1) is 0 Å². The van der Waals surface area contributed by atoms with Crippen molar-refractivity contribution in [2.24, 2.45) is 0 Å². The molecule has 0 N–H and O–H groups in total. The maximum atomic E-state index is 5.05. The minimum absolute atomic E-state index is 0.930. The Morgan fingerprint density at radius 2 is 1.07 bits per heavy atom. The molecule has 0 aliphatic heterocycles. The van der Waals surface area contributed by atoms with Crippen LogP contribution < -0.4 is 0 Å². The molecule has 0 aliphatic rings. The highest BCUT2D eigenvalue weighted by Gasteiger charge is 2.17. The maximum absolute atomic E-state index is 5.05. The van der Waals surface area contributed by atoms with Gasteiger partial charge in [0.15, 0.2) is 0 Å². The maximum Gasteiger partial charge on any atom is 0.137 e. The summed E-state index contributed by atoms with van der Waals surface area (Å²) in [4.78, 5) is 9.46. The number of aromatic nitrogens is 3. The van der Waals surface area contributed by atoms with Gasteiger partial charge < -0.3 is 0 Å². The molecule has 0 fully saturated rings. The van der Waals surface area contributed by atoms with Crippen molar-refractivity contribution in [3.63, 3.8) is 0 Å². The van der Waals surface area contributed by atoms with Crippen molar-refractivity contribution >= 4 is 16.4 Å². The van der Waals surface area contributed by atoms with Gasteiger partial charge in [0.25, 0.3) is 0 Å². The summed E-state index contributed by atoms with van der Waals surface area (Å²) in [6, 6.07) is 51.6. The summed E-state index contributed by atoms with van der Waals surface area (Å²) >= 11 is 0. The van der Waals surface area contributed by atoms with Gasteiger partial charge in [0.1, 0.15) is 5.65 Å². The normalized spacial score (nSPS) is 11.3. The second-order valence-corrected chi connectivity index (χ2v) is 10.8. The number of nitrogens with zero attached hydrogens (tertiary/aromatic N) is 3. The van der Waals surface area contributed by atoms with Gasteiger partial charge in [-0.05, 0) is 87.1 Å². The van der Waals surface area contributed by atoms with Crippen molar-refractivity contribution in [1.29, 1.82) is 0 Å². The number of hydrogen-bond donors (Lipinski definition) is 0. The van der Waals surface area contributed by atoms with Crippen molar-refractivity contribution in [2.75, 3.05) is 0 Å². The van der Waals surface area contributed by atoms with Crippen LogP contribution in [0.1, 0.15) is 0 Å². The molecule has 0 radical (unpaired) electrons. The predicted molar refractivity (Wildman–Crippen MR) is 178 cm³/mol. The number of fused-ring (bicyclic) bond motifs is 2. The first-order valence-electron chi connectivity index (χ1n) is 14.5. The van der Waals surface area contributed by atoms with E-state index in [1.54, 1.807) is 0 Å². The van der Waals surface area contributed by atoms with Gasteiger partial charge in [0.2, 0.25) is 0 Å². The zero-order valence-electron chi connectivity index (χ0n) is 23.4. The molecule has 43 heavy (non-hydrogen) atoms. The third kappa shape index (κ3) is 4.67. The summed E-state index contributed by atoms with van der Waals surface area (Å²) in [5, 5.41) is 2.47. The van der Waals surface area contributed by atoms with Gasteiger partial charge >= 0.3 is 0 Å². The number of rotatable bonds is 5. The van der Waals surface area contributed by atoms with Crippen LogP contribution >= 0.6 is 0 Å². The van der Waals surface area contributed by atoms with Crippen molar-refractivity contribution in [2.45, 2.75) is 0 Å². The Balaban J connectivity index is 1.31. The molecule has 3 heterocycles. The summed E-state index contributed by atoms with van der Waals surface area (Å²) in [5.41, 5.74) is 12.1. The Morgan fingerprint density at radius 3 is 1.88 bits per heavy atom. The number of pyridine rings is 2. The van der Waals surface area contributed by atoms with Crippen LogP contribution in [0.25, 0.3) is 72.3 Å². The van der Waals surface area contributed by atoms with Gasteiger partial charge in [-0.25, -0.2) is 4.98 Å². The van der Waals surface area contributed by atoms with Crippen molar-refractivity contribution in [3.8, 4) is 55.9 Å². The van der Waals surface area contributed by atoms with Gasteiger partial charge in [0.05, 0.1) is 11.4 Å². The highest BCUT2D eigenvalue weighted by Crippen LogP contribution is 2.37. The molecule has 202 valence electrons. The van der Waals surface area contributed by atoms with Gasteiger partial charge in [0, 0.05) is 35.3 Å². The lowest BCUT2D eigenvalue weighted by molar-refractivity contribution is 1.19. The Morgan fingerprint density at radius 1 is 0.419 bits per heavy atom. The summed E-state index contributed by atoms with van der Waals surface area (Å²) < 4.78 is 2.19. The standard InChI is InChI=1S/C40H27N3/c1-2-11-29(12-3-1)39-40(43-21-7-6-17-38(43)42-39)33-15-8-14-31(23-33)35-24-36(26-37(25-35)34-16-9-20-41-27-34)32-19-18-28-10-4-5-13-30(28)22-32/h1-27H. The zero-order valence-corrected chi connectivity index (χ0v) is 23.4. The molecule has 0 saturated heterocycles. The molecule has 3 aromatic heterocycles. The summed E-state index contributed by atoms with van der Waals surface area (Å²) in [7, 11) is 0. The van der Waals surface area contributed by atoms with E-state index in [0.29, 0.717) is 0 Å². The molecular weight excluding hydrogens is 522 g/mol. The average Bonchev–Trinajstić information content (AvgIpc) is 3.48. The topological polar surface area (TPSA) is 30.2 Å². The molecule has 0 amide bonds. The molecule has 0 unspecified atom stereocenters. The molecule has 0 atom stereocenters. The number of hydrogen-bond acceptors (Lipinski definition) is 2. The van der Waals surface area contributed by atoms with Crippen LogP contribution in [0.3, 0.4) is 0 Å². The molecule has 0 aliphatic carbocycles. The molecule has 8 rings (SSSR count). The third-order valence-corrected chi connectivity index (χ3v) is 8.06. The first kappa shape index (κ1) is 25.0. The smallest absolute Gasteiger partial charge is 0.137 e. The van der Waals surface area contributed by atoms with E-state index in [2.05, 4.69) is 143 Å². The molecule has 0 saturated carbocycles. The Hall–Kier alpha value is -5.80. The lowest BCUT2D eigenvalue weighted by Crippen LogP contribution is -1.91. The predicted octanol–water partition coefficient (Wildman–Crippen LogP) is 10.2. The molecule has 3 nitrogen and oxygen atoms in total. The first-order valence-corrected chi connectivity index (χ1v) is 14.5. The quantitative estimate of drug-likeness (QED) is 0.214. The minimum Gasteiger partial charge on any atom is -0.299 e. The molecule has 5 aromatic carbocycles. The Bertz CT molecular complexity index is 2230. The van der Waals surface area contributed by atoms with Crippen LogP contribution in [0.4, 0.5) is 0 Å². The van der Waals surface area contributed by atoms with Crippen LogP contribution in [-0.2, 0) is 0 Å². The van der Waals surface area contributed by atoms with Gasteiger partial charge in [-0.3, -0.25) is 9.38 Å². The fourth-order valence-electron chi connectivity index (χ4n) is 5.95. The van der Waals surface area contributed by atoms with E-state index in [4.69, 9.17) is 4.98 Å². The summed E-state index contributed by atoms with van der Waals surface area (Å²) in [5.74, 6) is 0.